The van der Waals surface area contributed by atoms with E-state index in [9.17, 15) is 13.2 Å². The molecule has 0 aliphatic heterocycles. The van der Waals surface area contributed by atoms with Gasteiger partial charge in [0.05, 0.1) is 4.90 Å². The molecule has 7 heteroatoms. The minimum atomic E-state index is -3.87. The van der Waals surface area contributed by atoms with Gasteiger partial charge in [0.2, 0.25) is 15.9 Å². The average Bonchev–Trinajstić information content (AvgIpc) is 2.74. The Bertz CT molecular complexity index is 1110. The molecule has 3 aromatic carbocycles. The first-order chi connectivity index (χ1) is 14.7. The number of nitrogens with one attached hydrogen (secondary N) is 2. The molecule has 1 atom stereocenters. The summed E-state index contributed by atoms with van der Waals surface area (Å²) in [6.45, 7) is 4.20. The fraction of sp³-hybridized carbons (Fsp3) is 0.208. The van der Waals surface area contributed by atoms with E-state index in [2.05, 4.69) is 46.5 Å². The van der Waals surface area contributed by atoms with E-state index in [4.69, 9.17) is 0 Å². The maximum absolute atomic E-state index is 13.1. The van der Waals surface area contributed by atoms with Gasteiger partial charge in [0.1, 0.15) is 6.04 Å². The fourth-order valence-corrected chi connectivity index (χ4v) is 4.64. The smallest absolute Gasteiger partial charge is 0.242 e. The highest BCUT2D eigenvalue weighted by atomic mass is 127. The third kappa shape index (κ3) is 6.62. The Balaban J connectivity index is 1.83. The molecule has 0 aromatic heterocycles. The second-order valence-corrected chi connectivity index (χ2v) is 10.5. The molecule has 0 aliphatic carbocycles. The summed E-state index contributed by atoms with van der Waals surface area (Å²) >= 11 is 2.12. The predicted octanol–water partition coefficient (Wildman–Crippen LogP) is 4.94. The quantitative estimate of drug-likeness (QED) is 0.392. The molecule has 5 nitrogen and oxygen atoms in total. The van der Waals surface area contributed by atoms with Gasteiger partial charge in [-0.05, 0) is 82.5 Å². The van der Waals surface area contributed by atoms with Gasteiger partial charge >= 0.3 is 0 Å². The van der Waals surface area contributed by atoms with Gasteiger partial charge in [-0.15, -0.1) is 0 Å². The number of sulfonamides is 1. The molecule has 2 N–H and O–H groups in total. The predicted molar refractivity (Wildman–Crippen MR) is 133 cm³/mol. The first-order valence-corrected chi connectivity index (χ1v) is 12.5. The summed E-state index contributed by atoms with van der Waals surface area (Å²) in [6.07, 6.45) is 0.236. The number of anilines is 1. The number of rotatable bonds is 8. The van der Waals surface area contributed by atoms with Crippen LogP contribution >= 0.6 is 22.6 Å². The summed E-state index contributed by atoms with van der Waals surface area (Å²) in [6, 6.07) is 22.5. The molecule has 1 amide bonds. The van der Waals surface area contributed by atoms with E-state index >= 15 is 0 Å². The molecule has 3 aromatic rings. The van der Waals surface area contributed by atoms with Crippen LogP contribution in [-0.4, -0.2) is 20.4 Å². The second-order valence-electron chi connectivity index (χ2n) is 7.58. The number of amides is 1. The average molecular weight is 548 g/mol. The minimum Gasteiger partial charge on any atom is -0.325 e. The Labute approximate surface area is 197 Å². The molecular weight excluding hydrogens is 523 g/mol. The lowest BCUT2D eigenvalue weighted by Crippen LogP contribution is -2.45. The van der Waals surface area contributed by atoms with Crippen molar-refractivity contribution in [3.63, 3.8) is 0 Å². The Kier molecular flexibility index (Phi) is 7.85. The van der Waals surface area contributed by atoms with Crippen LogP contribution in [0.2, 0.25) is 0 Å². The van der Waals surface area contributed by atoms with Crippen molar-refractivity contribution in [1.82, 2.24) is 4.72 Å². The van der Waals surface area contributed by atoms with E-state index in [0.717, 1.165) is 9.13 Å². The van der Waals surface area contributed by atoms with Crippen molar-refractivity contribution in [3.8, 4) is 0 Å². The van der Waals surface area contributed by atoms with Crippen molar-refractivity contribution < 1.29 is 13.2 Å². The summed E-state index contributed by atoms with van der Waals surface area (Å²) in [4.78, 5) is 13.2. The van der Waals surface area contributed by atoms with Crippen molar-refractivity contribution in [2.45, 2.75) is 37.1 Å². The van der Waals surface area contributed by atoms with Crippen molar-refractivity contribution in [2.75, 3.05) is 5.32 Å². The summed E-state index contributed by atoms with van der Waals surface area (Å²) in [5.41, 5.74) is 2.65. The molecule has 0 saturated carbocycles. The molecule has 0 unspecified atom stereocenters. The lowest BCUT2D eigenvalue weighted by molar-refractivity contribution is -0.117. The van der Waals surface area contributed by atoms with Gasteiger partial charge in [-0.25, -0.2) is 8.42 Å². The summed E-state index contributed by atoms with van der Waals surface area (Å²) in [5.74, 6) is -0.0217. The maximum atomic E-state index is 13.1. The molecule has 3 rings (SSSR count). The fourth-order valence-electron chi connectivity index (χ4n) is 3.09. The lowest BCUT2D eigenvalue weighted by Gasteiger charge is -2.19. The number of carbonyl (C=O) groups excluding carboxylic acids is 1. The van der Waals surface area contributed by atoms with Gasteiger partial charge in [0, 0.05) is 9.26 Å². The molecule has 0 bridgehead atoms. The number of benzene rings is 3. The monoisotopic (exact) mass is 548 g/mol. The second kappa shape index (κ2) is 10.4. The van der Waals surface area contributed by atoms with Crippen LogP contribution < -0.4 is 10.0 Å². The van der Waals surface area contributed by atoms with E-state index in [1.165, 1.54) is 17.7 Å². The zero-order valence-electron chi connectivity index (χ0n) is 17.4. The van der Waals surface area contributed by atoms with Crippen LogP contribution in [0, 0.1) is 3.57 Å². The van der Waals surface area contributed by atoms with Crippen LogP contribution in [0.25, 0.3) is 0 Å². The largest absolute Gasteiger partial charge is 0.325 e. The maximum Gasteiger partial charge on any atom is 0.242 e. The number of halogens is 1. The van der Waals surface area contributed by atoms with Crippen LogP contribution in [0.15, 0.2) is 83.8 Å². The first kappa shape index (κ1) is 23.4. The highest BCUT2D eigenvalue weighted by Crippen LogP contribution is 2.18. The highest BCUT2D eigenvalue weighted by Gasteiger charge is 2.26. The highest BCUT2D eigenvalue weighted by molar-refractivity contribution is 14.1. The van der Waals surface area contributed by atoms with Gasteiger partial charge in [-0.3, -0.25) is 4.79 Å². The first-order valence-electron chi connectivity index (χ1n) is 9.97. The third-order valence-electron chi connectivity index (χ3n) is 4.87. The molecule has 162 valence electrons. The Morgan fingerprint density at radius 2 is 1.52 bits per heavy atom. The van der Waals surface area contributed by atoms with Crippen LogP contribution in [0.3, 0.4) is 0 Å². The zero-order valence-corrected chi connectivity index (χ0v) is 20.4. The Hall–Kier alpha value is -2.23. The van der Waals surface area contributed by atoms with Gasteiger partial charge in [-0.2, -0.15) is 4.72 Å². The number of hydrogen-bond donors (Lipinski definition) is 2. The normalized spacial score (nSPS) is 12.5. The van der Waals surface area contributed by atoms with Crippen molar-refractivity contribution >= 4 is 44.2 Å². The number of carbonyl (C=O) groups is 1. The molecule has 0 heterocycles. The van der Waals surface area contributed by atoms with E-state index in [1.807, 2.05) is 54.6 Å². The molecule has 0 aliphatic rings. The summed E-state index contributed by atoms with van der Waals surface area (Å²) in [7, 11) is -3.87. The Morgan fingerprint density at radius 1 is 0.903 bits per heavy atom. The van der Waals surface area contributed by atoms with Gasteiger partial charge < -0.3 is 5.32 Å². The molecule has 0 fully saturated rings. The molecular formula is C24H25IN2O3S. The summed E-state index contributed by atoms with van der Waals surface area (Å²) in [5, 5.41) is 2.84. The molecule has 0 radical (unpaired) electrons. The molecule has 0 spiro atoms. The van der Waals surface area contributed by atoms with Crippen molar-refractivity contribution in [1.29, 1.82) is 0 Å². The van der Waals surface area contributed by atoms with Crippen LogP contribution in [0.1, 0.15) is 30.9 Å². The molecule has 0 saturated heterocycles. The van der Waals surface area contributed by atoms with Crippen molar-refractivity contribution in [2.24, 2.45) is 0 Å². The Morgan fingerprint density at radius 3 is 2.10 bits per heavy atom. The zero-order chi connectivity index (χ0) is 22.4. The third-order valence-corrected chi connectivity index (χ3v) is 7.07. The SMILES string of the molecule is CC(C)c1ccc(NC(=O)[C@@H](Cc2ccccc2)NS(=O)(=O)c2ccc(I)cc2)cc1. The van der Waals surface area contributed by atoms with Crippen molar-refractivity contribution in [3.05, 3.63) is 93.6 Å². The topological polar surface area (TPSA) is 75.3 Å². The van der Waals surface area contributed by atoms with Crippen LogP contribution in [-0.2, 0) is 21.2 Å². The summed E-state index contributed by atoms with van der Waals surface area (Å²) < 4.78 is 29.4. The van der Waals surface area contributed by atoms with E-state index in [1.54, 1.807) is 12.1 Å². The van der Waals surface area contributed by atoms with E-state index < -0.39 is 22.0 Å². The van der Waals surface area contributed by atoms with E-state index in [0.29, 0.717) is 11.6 Å². The lowest BCUT2D eigenvalue weighted by atomic mass is 10.0. The van der Waals surface area contributed by atoms with E-state index in [-0.39, 0.29) is 11.3 Å². The minimum absolute atomic E-state index is 0.125. The molecule has 31 heavy (non-hydrogen) atoms. The van der Waals surface area contributed by atoms with Crippen LogP contribution in [0.4, 0.5) is 5.69 Å². The van der Waals surface area contributed by atoms with Crippen LogP contribution in [0.5, 0.6) is 0 Å². The van der Waals surface area contributed by atoms with Gasteiger partial charge in [-0.1, -0.05) is 56.3 Å². The number of hydrogen-bond acceptors (Lipinski definition) is 3. The standard InChI is InChI=1S/C24H25IN2O3S/c1-17(2)19-8-12-21(13-9-19)26-24(28)23(16-18-6-4-3-5-7-18)27-31(29,30)22-14-10-20(25)11-15-22/h3-15,17,23,27H,16H2,1-2H3,(H,26,28)/t23-/m1/s1. The van der Waals surface area contributed by atoms with Gasteiger partial charge in [0.15, 0.2) is 0 Å². The van der Waals surface area contributed by atoms with Gasteiger partial charge in [0.25, 0.3) is 0 Å².